The van der Waals surface area contributed by atoms with Crippen molar-refractivity contribution in [2.75, 3.05) is 14.1 Å². The first-order valence-electron chi connectivity index (χ1n) is 6.43. The van der Waals surface area contributed by atoms with E-state index in [9.17, 15) is 0 Å². The molecule has 3 nitrogen and oxygen atoms in total. The largest absolute Gasteiger partial charge is 0.304 e. The highest BCUT2D eigenvalue weighted by Crippen LogP contribution is 2.01. The maximum Gasteiger partial charge on any atom is 0.0546 e. The molecular weight excluding hydrogens is 234 g/mol. The Morgan fingerprint density at radius 2 is 1.47 bits per heavy atom. The first kappa shape index (κ1) is 15.3. The van der Waals surface area contributed by atoms with Gasteiger partial charge in [-0.05, 0) is 70.3 Å². The monoisotopic (exact) mass is 257 g/mol. The molecule has 0 bridgehead atoms. The van der Waals surface area contributed by atoms with E-state index >= 15 is 0 Å². The molecule has 3 heteroatoms. The highest BCUT2D eigenvalue weighted by Gasteiger charge is 1.95. The van der Waals surface area contributed by atoms with E-state index in [-0.39, 0.29) is 0 Å². The van der Waals surface area contributed by atoms with Crippen molar-refractivity contribution in [1.82, 2.24) is 14.9 Å². The van der Waals surface area contributed by atoms with Crippen LogP contribution in [0.5, 0.6) is 0 Å². The summed E-state index contributed by atoms with van der Waals surface area (Å²) in [7, 11) is 4.09. The normalized spacial score (nSPS) is 10.0. The summed E-state index contributed by atoms with van der Waals surface area (Å²) in [5.41, 5.74) is 4.77. The molecule has 0 atom stereocenters. The number of rotatable bonds is 2. The van der Waals surface area contributed by atoms with Gasteiger partial charge in [-0.25, -0.2) is 0 Å². The lowest BCUT2D eigenvalue weighted by Gasteiger charge is -2.08. The Hall–Kier alpha value is -1.74. The van der Waals surface area contributed by atoms with E-state index in [0.717, 1.165) is 17.9 Å². The van der Waals surface area contributed by atoms with Crippen LogP contribution in [-0.4, -0.2) is 29.0 Å². The van der Waals surface area contributed by atoms with Gasteiger partial charge in [0.05, 0.1) is 5.69 Å². The van der Waals surface area contributed by atoms with Gasteiger partial charge < -0.3 is 4.90 Å². The molecule has 0 unspecified atom stereocenters. The minimum atomic E-state index is 0.918. The summed E-state index contributed by atoms with van der Waals surface area (Å²) in [5.74, 6) is 0. The summed E-state index contributed by atoms with van der Waals surface area (Å²) in [5, 5.41) is 0. The SMILES string of the molecule is Cc1ccnc(C)c1.Cc1ccnc(CN(C)C)c1. The van der Waals surface area contributed by atoms with Gasteiger partial charge in [-0.2, -0.15) is 0 Å². The molecule has 0 N–H and O–H groups in total. The molecule has 0 fully saturated rings. The van der Waals surface area contributed by atoms with E-state index in [1.165, 1.54) is 11.1 Å². The molecule has 2 heterocycles. The van der Waals surface area contributed by atoms with Crippen LogP contribution in [-0.2, 0) is 6.54 Å². The molecule has 0 amide bonds. The Balaban J connectivity index is 0.000000200. The van der Waals surface area contributed by atoms with E-state index < -0.39 is 0 Å². The zero-order valence-corrected chi connectivity index (χ0v) is 12.5. The Kier molecular flexibility index (Phi) is 6.16. The molecule has 19 heavy (non-hydrogen) atoms. The van der Waals surface area contributed by atoms with Crippen molar-refractivity contribution in [3.63, 3.8) is 0 Å². The van der Waals surface area contributed by atoms with E-state index in [2.05, 4.69) is 40.8 Å². The van der Waals surface area contributed by atoms with Gasteiger partial charge in [0.25, 0.3) is 0 Å². The average Bonchev–Trinajstić information content (AvgIpc) is 2.28. The van der Waals surface area contributed by atoms with Crippen molar-refractivity contribution in [1.29, 1.82) is 0 Å². The summed E-state index contributed by atoms with van der Waals surface area (Å²) in [4.78, 5) is 10.4. The zero-order chi connectivity index (χ0) is 14.3. The summed E-state index contributed by atoms with van der Waals surface area (Å²) >= 11 is 0. The molecule has 0 radical (unpaired) electrons. The van der Waals surface area contributed by atoms with Crippen molar-refractivity contribution in [3.05, 3.63) is 59.2 Å². The van der Waals surface area contributed by atoms with Crippen LogP contribution >= 0.6 is 0 Å². The predicted molar refractivity (Wildman–Crippen MR) is 80.1 cm³/mol. The highest BCUT2D eigenvalue weighted by atomic mass is 15.1. The minimum Gasteiger partial charge on any atom is -0.304 e. The topological polar surface area (TPSA) is 29.0 Å². The van der Waals surface area contributed by atoms with Gasteiger partial charge in [-0.15, -0.1) is 0 Å². The fourth-order valence-electron chi connectivity index (χ4n) is 1.70. The van der Waals surface area contributed by atoms with Gasteiger partial charge in [-0.3, -0.25) is 9.97 Å². The average molecular weight is 257 g/mol. The third kappa shape index (κ3) is 6.67. The Morgan fingerprint density at radius 1 is 0.895 bits per heavy atom. The first-order valence-corrected chi connectivity index (χ1v) is 6.43. The lowest BCUT2D eigenvalue weighted by molar-refractivity contribution is 0.397. The van der Waals surface area contributed by atoms with E-state index in [1.807, 2.05) is 45.5 Å². The Morgan fingerprint density at radius 3 is 1.89 bits per heavy atom. The lowest BCUT2D eigenvalue weighted by Crippen LogP contribution is -2.11. The number of hydrogen-bond acceptors (Lipinski definition) is 3. The predicted octanol–water partition coefficient (Wildman–Crippen LogP) is 3.15. The molecule has 2 rings (SSSR count). The van der Waals surface area contributed by atoms with Crippen LogP contribution in [0.4, 0.5) is 0 Å². The van der Waals surface area contributed by atoms with Crippen molar-refractivity contribution < 1.29 is 0 Å². The smallest absolute Gasteiger partial charge is 0.0546 e. The fourth-order valence-corrected chi connectivity index (χ4v) is 1.70. The molecule has 102 valence electrons. The summed E-state index contributed by atoms with van der Waals surface area (Å²) in [6.45, 7) is 7.06. The van der Waals surface area contributed by atoms with Crippen molar-refractivity contribution in [2.45, 2.75) is 27.3 Å². The quantitative estimate of drug-likeness (QED) is 0.827. The van der Waals surface area contributed by atoms with Crippen LogP contribution in [0.3, 0.4) is 0 Å². The minimum absolute atomic E-state index is 0.918. The van der Waals surface area contributed by atoms with Crippen LogP contribution in [0.15, 0.2) is 36.7 Å². The third-order valence-electron chi connectivity index (χ3n) is 2.50. The molecule has 2 aromatic rings. The molecule has 0 aliphatic rings. The van der Waals surface area contributed by atoms with Crippen molar-refractivity contribution in [3.8, 4) is 0 Å². The lowest BCUT2D eigenvalue weighted by atomic mass is 10.2. The zero-order valence-electron chi connectivity index (χ0n) is 12.5. The van der Waals surface area contributed by atoms with Crippen molar-refractivity contribution in [2.24, 2.45) is 0 Å². The molecule has 2 aromatic heterocycles. The van der Waals surface area contributed by atoms with Gasteiger partial charge in [0.2, 0.25) is 0 Å². The van der Waals surface area contributed by atoms with Crippen LogP contribution < -0.4 is 0 Å². The number of aryl methyl sites for hydroxylation is 3. The Bertz CT molecular complexity index is 490. The van der Waals surface area contributed by atoms with Crippen LogP contribution in [0.1, 0.15) is 22.5 Å². The second-order valence-electron chi connectivity index (χ2n) is 5.04. The van der Waals surface area contributed by atoms with Gasteiger partial charge in [0, 0.05) is 24.6 Å². The first-order chi connectivity index (χ1) is 8.97. The number of pyridine rings is 2. The number of aromatic nitrogens is 2. The van der Waals surface area contributed by atoms with Crippen LogP contribution in [0, 0.1) is 20.8 Å². The summed E-state index contributed by atoms with van der Waals surface area (Å²) in [6, 6.07) is 8.17. The maximum absolute atomic E-state index is 4.24. The summed E-state index contributed by atoms with van der Waals surface area (Å²) < 4.78 is 0. The number of hydrogen-bond donors (Lipinski definition) is 0. The fraction of sp³-hybridized carbons (Fsp3) is 0.375. The van der Waals surface area contributed by atoms with Crippen LogP contribution in [0.25, 0.3) is 0 Å². The van der Waals surface area contributed by atoms with E-state index in [0.29, 0.717) is 0 Å². The second kappa shape index (κ2) is 7.64. The van der Waals surface area contributed by atoms with Gasteiger partial charge in [-0.1, -0.05) is 0 Å². The number of nitrogens with zero attached hydrogens (tertiary/aromatic N) is 3. The second-order valence-corrected chi connectivity index (χ2v) is 5.04. The molecule has 0 saturated heterocycles. The standard InChI is InChI=1S/C9H14N2.C7H9N/c1-8-4-5-10-9(6-8)7-11(2)3;1-6-3-4-8-7(2)5-6/h4-6H,7H2,1-3H3;3-5H,1-2H3. The van der Waals surface area contributed by atoms with E-state index in [4.69, 9.17) is 0 Å². The van der Waals surface area contributed by atoms with Gasteiger partial charge in [0.1, 0.15) is 0 Å². The molecule has 0 aromatic carbocycles. The van der Waals surface area contributed by atoms with Gasteiger partial charge >= 0.3 is 0 Å². The van der Waals surface area contributed by atoms with Crippen LogP contribution in [0.2, 0.25) is 0 Å². The summed E-state index contributed by atoms with van der Waals surface area (Å²) in [6.07, 6.45) is 3.68. The molecule has 0 aliphatic carbocycles. The molecule has 0 saturated carbocycles. The van der Waals surface area contributed by atoms with E-state index in [1.54, 1.807) is 0 Å². The highest BCUT2D eigenvalue weighted by molar-refractivity contribution is 5.14. The van der Waals surface area contributed by atoms with Crippen molar-refractivity contribution >= 4 is 0 Å². The molecular formula is C16H23N3. The molecule has 0 aliphatic heterocycles. The van der Waals surface area contributed by atoms with Gasteiger partial charge in [0.15, 0.2) is 0 Å². The third-order valence-corrected chi connectivity index (χ3v) is 2.50. The maximum atomic E-state index is 4.24. The Labute approximate surface area is 116 Å². The molecule has 0 spiro atoms.